The van der Waals surface area contributed by atoms with Crippen molar-refractivity contribution in [3.05, 3.63) is 65.7 Å². The number of hydrogen-bond acceptors (Lipinski definition) is 7. The maximum atomic E-state index is 12.2. The lowest BCUT2D eigenvalue weighted by molar-refractivity contribution is -0.121. The Morgan fingerprint density at radius 3 is 2.43 bits per heavy atom. The summed E-state index contributed by atoms with van der Waals surface area (Å²) in [5.41, 5.74) is 7.72. The van der Waals surface area contributed by atoms with Gasteiger partial charge in [-0.3, -0.25) is 4.79 Å². The summed E-state index contributed by atoms with van der Waals surface area (Å²) in [6, 6.07) is 12.0. The average molecular weight is 610 g/mol. The number of ether oxygens (including phenoxy) is 2. The molecule has 0 atom stereocenters. The van der Waals surface area contributed by atoms with Crippen LogP contribution in [0.5, 0.6) is 11.5 Å². The maximum Gasteiger partial charge on any atom is 0.338 e. The number of nitrogen functional groups attached to an aromatic ring is 1. The molecule has 0 aliphatic carbocycles. The predicted octanol–water partition coefficient (Wildman–Crippen LogP) is 7.26. The molecule has 2 aromatic rings. The Morgan fingerprint density at radius 2 is 1.68 bits per heavy atom. The molecule has 0 radical (unpaired) electrons. The zero-order valence-corrected chi connectivity index (χ0v) is 27.2. The fraction of sp³-hybridized carbons (Fsp3) is 0.556. The van der Waals surface area contributed by atoms with Gasteiger partial charge in [0.05, 0.1) is 18.8 Å². The Balaban J connectivity index is 1.62. The summed E-state index contributed by atoms with van der Waals surface area (Å²) in [7, 11) is 0. The van der Waals surface area contributed by atoms with Gasteiger partial charge in [-0.15, -0.1) is 0 Å². The molecule has 8 nitrogen and oxygen atoms in total. The molecule has 2 aromatic carbocycles. The summed E-state index contributed by atoms with van der Waals surface area (Å²) < 4.78 is 11.3. The molecule has 44 heavy (non-hydrogen) atoms. The van der Waals surface area contributed by atoms with Gasteiger partial charge >= 0.3 is 5.97 Å². The summed E-state index contributed by atoms with van der Waals surface area (Å²) in [6.45, 7) is 10.7. The number of anilines is 1. The predicted molar refractivity (Wildman–Crippen MR) is 179 cm³/mol. The number of allylic oxidation sites excluding steroid dienone is 2. The monoisotopic (exact) mass is 609 g/mol. The molecule has 244 valence electrons. The number of nitrogens with zero attached hydrogens (tertiary/aromatic N) is 1. The molecule has 0 fully saturated rings. The Bertz CT molecular complexity index is 1120. The van der Waals surface area contributed by atoms with Crippen molar-refractivity contribution >= 4 is 17.6 Å². The van der Waals surface area contributed by atoms with Crippen molar-refractivity contribution in [2.75, 3.05) is 38.6 Å². The highest BCUT2D eigenvalue weighted by Crippen LogP contribution is 2.27. The van der Waals surface area contributed by atoms with E-state index >= 15 is 0 Å². The number of esters is 1. The zero-order valence-electron chi connectivity index (χ0n) is 27.2. The first-order valence-corrected chi connectivity index (χ1v) is 16.4. The van der Waals surface area contributed by atoms with E-state index in [2.05, 4.69) is 43.1 Å². The number of aromatic hydroxyl groups is 1. The first-order valence-electron chi connectivity index (χ1n) is 16.4. The summed E-state index contributed by atoms with van der Waals surface area (Å²) in [4.78, 5) is 26.9. The van der Waals surface area contributed by atoms with E-state index in [0.717, 1.165) is 83.0 Å². The number of hydrogen-bond donors (Lipinski definition) is 3. The summed E-state index contributed by atoms with van der Waals surface area (Å²) >= 11 is 0. The van der Waals surface area contributed by atoms with Crippen LogP contribution in [-0.4, -0.2) is 54.7 Å². The van der Waals surface area contributed by atoms with E-state index in [9.17, 15) is 14.7 Å². The van der Waals surface area contributed by atoms with Gasteiger partial charge in [0, 0.05) is 25.2 Å². The van der Waals surface area contributed by atoms with Crippen molar-refractivity contribution in [2.24, 2.45) is 5.92 Å². The number of benzene rings is 2. The fourth-order valence-electron chi connectivity index (χ4n) is 4.66. The molecule has 0 saturated heterocycles. The summed E-state index contributed by atoms with van der Waals surface area (Å²) in [5, 5.41) is 13.2. The Hall–Kier alpha value is -3.52. The number of nitrogens with one attached hydrogen (secondary N) is 1. The van der Waals surface area contributed by atoms with Gasteiger partial charge in [-0.05, 0) is 112 Å². The van der Waals surface area contributed by atoms with Crippen LogP contribution >= 0.6 is 0 Å². The topological polar surface area (TPSA) is 114 Å². The van der Waals surface area contributed by atoms with Gasteiger partial charge in [-0.1, -0.05) is 45.4 Å². The highest BCUT2D eigenvalue weighted by Gasteiger charge is 2.10. The number of unbranched alkanes of at least 4 members (excludes halogenated alkanes) is 5. The first kappa shape index (κ1) is 36.7. The van der Waals surface area contributed by atoms with E-state index in [4.69, 9.17) is 15.2 Å². The van der Waals surface area contributed by atoms with Crippen molar-refractivity contribution in [1.29, 1.82) is 0 Å². The Morgan fingerprint density at radius 1 is 0.932 bits per heavy atom. The quantitative estimate of drug-likeness (QED) is 0.0526. The van der Waals surface area contributed by atoms with Crippen LogP contribution in [0.25, 0.3) is 0 Å². The largest absolute Gasteiger partial charge is 0.504 e. The molecular formula is C36H55N3O5. The van der Waals surface area contributed by atoms with E-state index in [0.29, 0.717) is 49.1 Å². The van der Waals surface area contributed by atoms with Crippen molar-refractivity contribution in [3.8, 4) is 11.5 Å². The SMILES string of the molecule is CCCCN(CCCCCOc1cc(CNC(=O)CCCC/C=C/C(C)C)ccc1O)CCCOC(=O)c1ccc(N)cc1. The van der Waals surface area contributed by atoms with Gasteiger partial charge in [0.1, 0.15) is 0 Å². The van der Waals surface area contributed by atoms with Crippen molar-refractivity contribution < 1.29 is 24.2 Å². The molecule has 1 amide bonds. The van der Waals surface area contributed by atoms with Crippen LogP contribution < -0.4 is 15.8 Å². The van der Waals surface area contributed by atoms with Crippen molar-refractivity contribution in [2.45, 2.75) is 91.5 Å². The summed E-state index contributed by atoms with van der Waals surface area (Å²) in [6.07, 6.45) is 13.8. The van der Waals surface area contributed by atoms with Gasteiger partial charge in [-0.25, -0.2) is 4.79 Å². The Kier molecular flexibility index (Phi) is 18.4. The summed E-state index contributed by atoms with van der Waals surface area (Å²) in [5.74, 6) is 0.848. The molecule has 0 aliphatic heterocycles. The van der Waals surface area contributed by atoms with Crippen LogP contribution in [0, 0.1) is 5.92 Å². The van der Waals surface area contributed by atoms with Gasteiger partial charge in [0.15, 0.2) is 11.5 Å². The van der Waals surface area contributed by atoms with Crippen LogP contribution in [0.15, 0.2) is 54.6 Å². The molecule has 0 saturated carbocycles. The van der Waals surface area contributed by atoms with E-state index < -0.39 is 0 Å². The minimum absolute atomic E-state index is 0.0422. The van der Waals surface area contributed by atoms with Crippen molar-refractivity contribution in [1.82, 2.24) is 10.2 Å². The second-order valence-corrected chi connectivity index (χ2v) is 11.7. The molecule has 0 aliphatic rings. The van der Waals surface area contributed by atoms with Crippen molar-refractivity contribution in [3.63, 3.8) is 0 Å². The maximum absolute atomic E-state index is 12.2. The fourth-order valence-corrected chi connectivity index (χ4v) is 4.66. The number of carbonyl (C=O) groups excluding carboxylic acids is 2. The normalized spacial score (nSPS) is 11.4. The highest BCUT2D eigenvalue weighted by atomic mass is 16.5. The lowest BCUT2D eigenvalue weighted by Crippen LogP contribution is -2.28. The third-order valence-electron chi connectivity index (χ3n) is 7.26. The van der Waals surface area contributed by atoms with Crippen LogP contribution in [0.4, 0.5) is 5.69 Å². The molecule has 0 unspecified atom stereocenters. The van der Waals surface area contributed by atoms with E-state index in [1.165, 1.54) is 0 Å². The zero-order chi connectivity index (χ0) is 32.0. The molecule has 8 heteroatoms. The van der Waals surface area contributed by atoms with Gasteiger partial charge in [-0.2, -0.15) is 0 Å². The van der Waals surface area contributed by atoms with E-state index in [1.54, 1.807) is 36.4 Å². The van der Waals surface area contributed by atoms with Crippen LogP contribution in [-0.2, 0) is 16.1 Å². The van der Waals surface area contributed by atoms with E-state index in [1.807, 2.05) is 6.07 Å². The highest BCUT2D eigenvalue weighted by molar-refractivity contribution is 5.89. The average Bonchev–Trinajstić information content (AvgIpc) is 3.01. The lowest BCUT2D eigenvalue weighted by Gasteiger charge is -2.22. The van der Waals surface area contributed by atoms with E-state index in [-0.39, 0.29) is 17.6 Å². The van der Waals surface area contributed by atoms with Crippen LogP contribution in [0.2, 0.25) is 0 Å². The molecular weight excluding hydrogens is 554 g/mol. The second-order valence-electron chi connectivity index (χ2n) is 11.7. The molecule has 4 N–H and O–H groups in total. The van der Waals surface area contributed by atoms with Gasteiger partial charge < -0.3 is 30.5 Å². The van der Waals surface area contributed by atoms with Gasteiger partial charge in [0.25, 0.3) is 0 Å². The number of phenols is 1. The molecule has 0 spiro atoms. The second kappa shape index (κ2) is 22.1. The first-order chi connectivity index (χ1) is 21.3. The van der Waals surface area contributed by atoms with Crippen LogP contribution in [0.3, 0.4) is 0 Å². The third-order valence-corrected chi connectivity index (χ3v) is 7.26. The smallest absolute Gasteiger partial charge is 0.338 e. The molecule has 0 aromatic heterocycles. The number of carbonyl (C=O) groups is 2. The minimum Gasteiger partial charge on any atom is -0.504 e. The molecule has 0 bridgehead atoms. The number of nitrogens with two attached hydrogens (primary N) is 1. The standard InChI is InChI=1S/C36H55N3O5/c1-4-5-22-39(24-13-26-44-36(42)31-17-19-32(37)20-18-31)23-11-8-12-25-43-34-27-30(16-21-33(34)40)28-38-35(41)15-10-7-6-9-14-29(2)3/h9,14,16-21,27,29,40H,4-8,10-13,15,22-26,28,37H2,1-3H3,(H,38,41)/b14-9+. The molecule has 2 rings (SSSR count). The minimum atomic E-state index is -0.317. The number of rotatable bonds is 23. The van der Waals surface area contributed by atoms with Crippen LogP contribution in [0.1, 0.15) is 101 Å². The molecule has 0 heterocycles. The third kappa shape index (κ3) is 16.4. The van der Waals surface area contributed by atoms with Gasteiger partial charge in [0.2, 0.25) is 5.91 Å². The lowest BCUT2D eigenvalue weighted by atomic mass is 10.1. The number of amides is 1. The number of phenolic OH excluding ortho intramolecular Hbond substituents is 1. The Labute approximate surface area is 265 Å².